The number of Topliss-reactive ketones (excluding diaryl/α,β-unsaturated/α-hetero) is 2. The minimum absolute atomic E-state index is 0.0400. The van der Waals surface area contributed by atoms with Crippen LogP contribution in [0.2, 0.25) is 0 Å². The molecule has 0 radical (unpaired) electrons. The first-order valence-electron chi connectivity index (χ1n) is 13.4. The third-order valence-corrected chi connectivity index (χ3v) is 9.70. The minimum atomic E-state index is -2.73. The average Bonchev–Trinajstić information content (AvgIpc) is 3.70. The predicted octanol–water partition coefficient (Wildman–Crippen LogP) is 1.72. The lowest BCUT2D eigenvalue weighted by Crippen LogP contribution is -2.65. The molecule has 0 unspecified atom stereocenters. The largest absolute Gasteiger partial charge is 0.508 e. The summed E-state index contributed by atoms with van der Waals surface area (Å²) in [5.41, 5.74) is 1.28. The fourth-order valence-electron chi connectivity index (χ4n) is 7.02. The Balaban J connectivity index is 1.62. The number of halogens is 1. The number of phenolic OH excluding ortho intramolecular Hbond substituents is 1. The van der Waals surface area contributed by atoms with Crippen molar-refractivity contribution in [3.63, 3.8) is 0 Å². The highest BCUT2D eigenvalue weighted by Crippen LogP contribution is 2.53. The summed E-state index contributed by atoms with van der Waals surface area (Å²) < 4.78 is 16.0. The van der Waals surface area contributed by atoms with Crippen LogP contribution < -0.4 is 5.73 Å². The Bertz CT molecular complexity index is 1410. The van der Waals surface area contributed by atoms with E-state index in [0.717, 1.165) is 12.8 Å². The highest BCUT2D eigenvalue weighted by Gasteiger charge is 2.64. The van der Waals surface area contributed by atoms with Crippen LogP contribution >= 0.6 is 0 Å². The smallest absolute Gasteiger partial charge is 0.255 e. The van der Waals surface area contributed by atoms with Gasteiger partial charge in [-0.1, -0.05) is 0 Å². The standard InChI is InChI=1S/C29H36FN3O7/c1-28(2,14-6-7-14)33(5)11-13-10-17(34)19-15(21(13)30)8-12-9-16-22(32(3)4)24(36)20(27(31)39)26(38)29(16,40)25(37)18(12)23(19)35/h10,12,14,16,22,34-35,38,40H,6-9,11H2,1-5H3,(H2,31,39)/t12-,16-,22-,29-/m0/s1. The number of primary amides is 1. The number of nitrogens with zero attached hydrogens (tertiary/aromatic N) is 2. The zero-order valence-electron chi connectivity index (χ0n) is 23.3. The number of benzene rings is 1. The van der Waals surface area contributed by atoms with Crippen LogP contribution in [-0.2, 0) is 27.3 Å². The van der Waals surface area contributed by atoms with Gasteiger partial charge in [0.25, 0.3) is 5.91 Å². The van der Waals surface area contributed by atoms with Crippen molar-refractivity contribution in [2.75, 3.05) is 21.1 Å². The molecule has 1 aromatic rings. The average molecular weight is 558 g/mol. The minimum Gasteiger partial charge on any atom is -0.508 e. The van der Waals surface area contributed by atoms with Gasteiger partial charge in [0.1, 0.15) is 28.7 Å². The number of fused-ring (bicyclic) bond motifs is 3. The number of hydrogen-bond donors (Lipinski definition) is 5. The summed E-state index contributed by atoms with van der Waals surface area (Å²) in [5.74, 6) is -7.68. The molecule has 1 aromatic carbocycles. The van der Waals surface area contributed by atoms with Crippen LogP contribution in [0, 0.1) is 23.6 Å². The molecule has 5 rings (SSSR count). The molecule has 0 aromatic heterocycles. The lowest BCUT2D eigenvalue weighted by Gasteiger charge is -2.50. The molecule has 4 atom stereocenters. The number of nitrogens with two attached hydrogens (primary N) is 1. The molecule has 10 nitrogen and oxygen atoms in total. The van der Waals surface area contributed by atoms with Gasteiger partial charge in [0.15, 0.2) is 11.4 Å². The van der Waals surface area contributed by atoms with Gasteiger partial charge >= 0.3 is 0 Å². The maximum atomic E-state index is 16.0. The second kappa shape index (κ2) is 9.12. The Kier molecular flexibility index (Phi) is 6.44. The third kappa shape index (κ3) is 3.82. The quantitative estimate of drug-likeness (QED) is 0.328. The fourth-order valence-corrected chi connectivity index (χ4v) is 7.02. The van der Waals surface area contributed by atoms with Crippen molar-refractivity contribution < 1.29 is 39.2 Å². The van der Waals surface area contributed by atoms with Crippen molar-refractivity contribution in [1.82, 2.24) is 9.80 Å². The fraction of sp³-hybridized carbons (Fsp3) is 0.552. The normalized spacial score (nSPS) is 28.7. The van der Waals surface area contributed by atoms with Gasteiger partial charge in [-0.3, -0.25) is 24.2 Å². The second-order valence-corrected chi connectivity index (χ2v) is 12.5. The molecule has 216 valence electrons. The maximum absolute atomic E-state index is 16.0. The Morgan fingerprint density at radius 2 is 1.80 bits per heavy atom. The van der Waals surface area contributed by atoms with Crippen LogP contribution in [0.3, 0.4) is 0 Å². The predicted molar refractivity (Wildman–Crippen MR) is 142 cm³/mol. The van der Waals surface area contributed by atoms with Gasteiger partial charge in [-0.2, -0.15) is 0 Å². The van der Waals surface area contributed by atoms with E-state index in [1.165, 1.54) is 25.1 Å². The lowest BCUT2D eigenvalue weighted by molar-refractivity contribution is -0.153. The van der Waals surface area contributed by atoms with Gasteiger partial charge in [0.05, 0.1) is 11.6 Å². The Hall–Kier alpha value is -3.28. The first kappa shape index (κ1) is 28.3. The van der Waals surface area contributed by atoms with Gasteiger partial charge in [0, 0.05) is 34.7 Å². The molecule has 0 bridgehead atoms. The van der Waals surface area contributed by atoms with Gasteiger partial charge < -0.3 is 26.2 Å². The van der Waals surface area contributed by atoms with E-state index in [-0.39, 0.29) is 47.2 Å². The molecule has 4 aliphatic rings. The summed E-state index contributed by atoms with van der Waals surface area (Å²) in [4.78, 5) is 42.6. The molecule has 0 saturated heterocycles. The zero-order valence-corrected chi connectivity index (χ0v) is 23.3. The van der Waals surface area contributed by atoms with Gasteiger partial charge in [-0.15, -0.1) is 0 Å². The summed E-state index contributed by atoms with van der Waals surface area (Å²) in [6.07, 6.45) is 2.02. The summed E-state index contributed by atoms with van der Waals surface area (Å²) in [5, 5.41) is 44.7. The molecular weight excluding hydrogens is 521 g/mol. The number of aromatic hydroxyl groups is 1. The molecule has 2 fully saturated rings. The number of aliphatic hydroxyl groups excluding tert-OH is 2. The number of phenols is 1. The molecular formula is C29H36FN3O7. The van der Waals surface area contributed by atoms with E-state index in [0.29, 0.717) is 5.92 Å². The maximum Gasteiger partial charge on any atom is 0.255 e. The van der Waals surface area contributed by atoms with Gasteiger partial charge in [-0.05, 0) is 78.6 Å². The summed E-state index contributed by atoms with van der Waals surface area (Å²) in [6, 6.07) is 0.0415. The van der Waals surface area contributed by atoms with E-state index in [1.54, 1.807) is 0 Å². The zero-order chi connectivity index (χ0) is 29.6. The first-order valence-corrected chi connectivity index (χ1v) is 13.4. The SMILES string of the molecule is CN(C)[C@@H]1C(=O)C(C(N)=O)=C(O)[C@@]2(O)C(=O)C3=C(O)c4c(O)cc(CN(C)C(C)(C)C5CC5)c(F)c4C[C@H]3C[C@@H]12. The van der Waals surface area contributed by atoms with E-state index in [1.807, 2.05) is 11.9 Å². The van der Waals surface area contributed by atoms with Crippen molar-refractivity contribution in [2.24, 2.45) is 23.5 Å². The highest BCUT2D eigenvalue weighted by molar-refractivity contribution is 6.24. The Labute approximate surface area is 231 Å². The Morgan fingerprint density at radius 1 is 1.18 bits per heavy atom. The van der Waals surface area contributed by atoms with Gasteiger partial charge in [-0.25, -0.2) is 4.39 Å². The van der Waals surface area contributed by atoms with Gasteiger partial charge in [0.2, 0.25) is 5.78 Å². The number of hydrogen-bond acceptors (Lipinski definition) is 9. The molecule has 6 N–H and O–H groups in total. The van der Waals surface area contributed by atoms with E-state index in [4.69, 9.17) is 5.73 Å². The number of rotatable bonds is 6. The van der Waals surface area contributed by atoms with Crippen LogP contribution in [0.5, 0.6) is 5.75 Å². The number of ketones is 2. The summed E-state index contributed by atoms with van der Waals surface area (Å²) >= 11 is 0. The molecule has 40 heavy (non-hydrogen) atoms. The van der Waals surface area contributed by atoms with Crippen LogP contribution in [-0.4, -0.2) is 86.0 Å². The number of carbonyl (C=O) groups excluding carboxylic acids is 3. The Morgan fingerprint density at radius 3 is 2.35 bits per heavy atom. The van der Waals surface area contributed by atoms with Crippen LogP contribution in [0.25, 0.3) is 5.76 Å². The molecule has 11 heteroatoms. The third-order valence-electron chi connectivity index (χ3n) is 9.70. The van der Waals surface area contributed by atoms with Crippen LogP contribution in [0.4, 0.5) is 4.39 Å². The number of amides is 1. The summed E-state index contributed by atoms with van der Waals surface area (Å²) in [6.45, 7) is 4.40. The van der Waals surface area contributed by atoms with E-state index in [2.05, 4.69) is 13.8 Å². The summed E-state index contributed by atoms with van der Waals surface area (Å²) in [7, 11) is 4.94. The van der Waals surface area contributed by atoms with E-state index < -0.39 is 69.6 Å². The molecule has 0 heterocycles. The molecule has 0 aliphatic heterocycles. The number of carbonyl (C=O) groups is 3. The monoisotopic (exact) mass is 557 g/mol. The van der Waals surface area contributed by atoms with Crippen molar-refractivity contribution >= 4 is 23.2 Å². The van der Waals surface area contributed by atoms with Crippen molar-refractivity contribution in [1.29, 1.82) is 0 Å². The van der Waals surface area contributed by atoms with Crippen molar-refractivity contribution in [3.05, 3.63) is 45.5 Å². The number of likely N-dealkylation sites (N-methyl/N-ethyl adjacent to an activating group) is 1. The molecule has 4 aliphatic carbocycles. The topological polar surface area (TPSA) is 165 Å². The van der Waals surface area contributed by atoms with Crippen molar-refractivity contribution in [2.45, 2.75) is 63.3 Å². The molecule has 0 spiro atoms. The van der Waals surface area contributed by atoms with Crippen LogP contribution in [0.1, 0.15) is 49.8 Å². The first-order chi connectivity index (χ1) is 18.5. The van der Waals surface area contributed by atoms with E-state index in [9.17, 15) is 34.8 Å². The highest BCUT2D eigenvalue weighted by atomic mass is 19.1. The number of aliphatic hydroxyl groups is 3. The van der Waals surface area contributed by atoms with Crippen LogP contribution in [0.15, 0.2) is 23.0 Å². The molecule has 1 amide bonds. The van der Waals surface area contributed by atoms with E-state index >= 15 is 4.39 Å². The van der Waals surface area contributed by atoms with Crippen molar-refractivity contribution in [3.8, 4) is 5.75 Å². The molecule has 2 saturated carbocycles. The lowest BCUT2D eigenvalue weighted by atomic mass is 9.57. The second-order valence-electron chi connectivity index (χ2n) is 12.5.